The van der Waals surface area contributed by atoms with Gasteiger partial charge >= 0.3 is 0 Å². The molecule has 148 valence electrons. The fourth-order valence-electron chi connectivity index (χ4n) is 2.45. The summed E-state index contributed by atoms with van der Waals surface area (Å²) >= 11 is 3.31. The summed E-state index contributed by atoms with van der Waals surface area (Å²) in [6.45, 7) is 3.58. The van der Waals surface area contributed by atoms with Gasteiger partial charge in [-0.05, 0) is 30.2 Å². The zero-order valence-corrected chi connectivity index (χ0v) is 17.3. The molecule has 2 rings (SSSR count). The van der Waals surface area contributed by atoms with Gasteiger partial charge in [0.15, 0.2) is 0 Å². The molecular formula is C20H23BrN4O3. The standard InChI is InChI=1S/C20H23BrN4O3/c1-3-12(2)18(22)20(28)24-11-17(26)25-15-7-5-4-6-14(15)19(27)16-10-13(21)8-9-23-16/h4-10,12,18H,3,11,22H2,1-2H3,(H,24,28)(H,25,26)/t12-,18-/m0/s1. The van der Waals surface area contributed by atoms with Gasteiger partial charge in [0, 0.05) is 16.2 Å². The Morgan fingerprint density at radius 2 is 1.93 bits per heavy atom. The lowest BCUT2D eigenvalue weighted by molar-refractivity contribution is -0.125. The van der Waals surface area contributed by atoms with E-state index in [0.717, 1.165) is 10.9 Å². The number of ketones is 1. The first-order chi connectivity index (χ1) is 13.3. The van der Waals surface area contributed by atoms with Crippen molar-refractivity contribution in [2.45, 2.75) is 26.3 Å². The molecule has 4 N–H and O–H groups in total. The second-order valence-electron chi connectivity index (χ2n) is 6.41. The Morgan fingerprint density at radius 1 is 1.21 bits per heavy atom. The zero-order valence-electron chi connectivity index (χ0n) is 15.7. The van der Waals surface area contributed by atoms with E-state index in [4.69, 9.17) is 5.73 Å². The number of pyridine rings is 1. The van der Waals surface area contributed by atoms with Crippen LogP contribution in [0, 0.1) is 5.92 Å². The maximum atomic E-state index is 12.7. The number of amides is 2. The summed E-state index contributed by atoms with van der Waals surface area (Å²) in [6, 6.07) is 9.29. The average molecular weight is 447 g/mol. The van der Waals surface area contributed by atoms with E-state index < -0.39 is 11.9 Å². The first kappa shape index (κ1) is 21.7. The van der Waals surface area contributed by atoms with Gasteiger partial charge in [0.2, 0.25) is 17.6 Å². The van der Waals surface area contributed by atoms with Crippen molar-refractivity contribution in [1.29, 1.82) is 0 Å². The van der Waals surface area contributed by atoms with Crippen molar-refractivity contribution in [3.8, 4) is 0 Å². The molecule has 8 heteroatoms. The number of hydrogen-bond acceptors (Lipinski definition) is 5. The van der Waals surface area contributed by atoms with Crippen molar-refractivity contribution < 1.29 is 14.4 Å². The first-order valence-corrected chi connectivity index (χ1v) is 9.71. The van der Waals surface area contributed by atoms with Gasteiger partial charge in [-0.15, -0.1) is 0 Å². The van der Waals surface area contributed by atoms with Crippen LogP contribution in [0.25, 0.3) is 0 Å². The highest BCUT2D eigenvalue weighted by Crippen LogP contribution is 2.20. The average Bonchev–Trinajstić information content (AvgIpc) is 2.70. The molecule has 1 aromatic carbocycles. The molecule has 0 aliphatic rings. The number of halogens is 1. The predicted molar refractivity (Wildman–Crippen MR) is 111 cm³/mol. The quantitative estimate of drug-likeness (QED) is 0.538. The number of nitrogens with two attached hydrogens (primary N) is 1. The summed E-state index contributed by atoms with van der Waals surface area (Å²) < 4.78 is 0.729. The topological polar surface area (TPSA) is 114 Å². The van der Waals surface area contributed by atoms with Crippen LogP contribution < -0.4 is 16.4 Å². The van der Waals surface area contributed by atoms with Crippen LogP contribution in [0.5, 0.6) is 0 Å². The van der Waals surface area contributed by atoms with Crippen LogP contribution in [0.1, 0.15) is 36.3 Å². The van der Waals surface area contributed by atoms with Gasteiger partial charge < -0.3 is 16.4 Å². The van der Waals surface area contributed by atoms with E-state index in [1.807, 2.05) is 13.8 Å². The van der Waals surface area contributed by atoms with Gasteiger partial charge in [-0.1, -0.05) is 48.3 Å². The number of nitrogens with one attached hydrogen (secondary N) is 2. The predicted octanol–water partition coefficient (Wildman–Crippen LogP) is 2.50. The number of nitrogens with zero attached hydrogens (tertiary/aromatic N) is 1. The van der Waals surface area contributed by atoms with E-state index in [1.54, 1.807) is 36.4 Å². The van der Waals surface area contributed by atoms with Crippen molar-refractivity contribution in [2.24, 2.45) is 11.7 Å². The second kappa shape index (κ2) is 10.1. The molecule has 0 radical (unpaired) electrons. The number of rotatable bonds is 8. The van der Waals surface area contributed by atoms with Gasteiger partial charge in [-0.3, -0.25) is 19.4 Å². The molecule has 0 bridgehead atoms. The Kier molecular flexibility index (Phi) is 7.83. The number of anilines is 1. The Bertz CT molecular complexity index is 872. The van der Waals surface area contributed by atoms with Crippen LogP contribution in [0.4, 0.5) is 5.69 Å². The minimum Gasteiger partial charge on any atom is -0.346 e. The van der Waals surface area contributed by atoms with E-state index in [9.17, 15) is 14.4 Å². The van der Waals surface area contributed by atoms with E-state index >= 15 is 0 Å². The normalized spacial score (nSPS) is 12.7. The zero-order chi connectivity index (χ0) is 20.7. The highest BCUT2D eigenvalue weighted by atomic mass is 79.9. The van der Waals surface area contributed by atoms with E-state index in [2.05, 4.69) is 31.5 Å². The SMILES string of the molecule is CC[C@H](C)[C@H](N)C(=O)NCC(=O)Nc1ccccc1C(=O)c1cc(Br)ccn1. The number of carbonyl (C=O) groups excluding carboxylic acids is 3. The number of benzene rings is 1. The lowest BCUT2D eigenvalue weighted by Crippen LogP contribution is -2.46. The van der Waals surface area contributed by atoms with E-state index in [0.29, 0.717) is 11.3 Å². The van der Waals surface area contributed by atoms with Gasteiger partial charge in [0.1, 0.15) is 5.69 Å². The van der Waals surface area contributed by atoms with Gasteiger partial charge in [-0.25, -0.2) is 0 Å². The van der Waals surface area contributed by atoms with Crippen LogP contribution in [0.3, 0.4) is 0 Å². The van der Waals surface area contributed by atoms with Gasteiger partial charge in [-0.2, -0.15) is 0 Å². The van der Waals surface area contributed by atoms with Crippen LogP contribution in [-0.2, 0) is 9.59 Å². The second-order valence-corrected chi connectivity index (χ2v) is 7.33. The number of aromatic nitrogens is 1. The Balaban J connectivity index is 2.06. The molecule has 0 spiro atoms. The molecule has 2 atom stereocenters. The summed E-state index contributed by atoms with van der Waals surface area (Å²) in [7, 11) is 0. The third-order valence-corrected chi connectivity index (χ3v) is 4.88. The van der Waals surface area contributed by atoms with Gasteiger partial charge in [0.25, 0.3) is 0 Å². The van der Waals surface area contributed by atoms with Crippen LogP contribution in [0.15, 0.2) is 47.1 Å². The molecule has 0 unspecified atom stereocenters. The minimum absolute atomic E-state index is 0.0131. The number of hydrogen-bond donors (Lipinski definition) is 3. The molecular weight excluding hydrogens is 424 g/mol. The van der Waals surface area contributed by atoms with Crippen molar-refractivity contribution in [3.63, 3.8) is 0 Å². The summed E-state index contributed by atoms with van der Waals surface area (Å²) in [5.74, 6) is -1.14. The lowest BCUT2D eigenvalue weighted by atomic mass is 9.99. The highest BCUT2D eigenvalue weighted by molar-refractivity contribution is 9.10. The number of para-hydroxylation sites is 1. The molecule has 2 amide bonds. The Hall–Kier alpha value is -2.58. The molecule has 0 aliphatic carbocycles. The van der Waals surface area contributed by atoms with Crippen LogP contribution in [-0.4, -0.2) is 35.2 Å². The Morgan fingerprint density at radius 3 is 2.61 bits per heavy atom. The Labute approximate surface area is 172 Å². The van der Waals surface area contributed by atoms with Crippen molar-refractivity contribution >= 4 is 39.2 Å². The van der Waals surface area contributed by atoms with Crippen molar-refractivity contribution in [3.05, 3.63) is 58.3 Å². The van der Waals surface area contributed by atoms with Crippen LogP contribution in [0.2, 0.25) is 0 Å². The molecule has 0 fully saturated rings. The first-order valence-electron chi connectivity index (χ1n) is 8.92. The molecule has 2 aromatic rings. The number of carbonyl (C=O) groups is 3. The summed E-state index contributed by atoms with van der Waals surface area (Å²) in [4.78, 5) is 41.1. The maximum absolute atomic E-state index is 12.7. The molecule has 28 heavy (non-hydrogen) atoms. The fourth-order valence-corrected chi connectivity index (χ4v) is 2.78. The maximum Gasteiger partial charge on any atom is 0.243 e. The fraction of sp³-hybridized carbons (Fsp3) is 0.300. The molecule has 7 nitrogen and oxygen atoms in total. The molecule has 0 saturated heterocycles. The van der Waals surface area contributed by atoms with Gasteiger partial charge in [0.05, 0.1) is 18.3 Å². The highest BCUT2D eigenvalue weighted by Gasteiger charge is 2.20. The van der Waals surface area contributed by atoms with E-state index in [-0.39, 0.29) is 29.8 Å². The summed E-state index contributed by atoms with van der Waals surface area (Å²) in [5.41, 5.74) is 6.76. The molecule has 0 aliphatic heterocycles. The monoisotopic (exact) mass is 446 g/mol. The van der Waals surface area contributed by atoms with Crippen LogP contribution >= 0.6 is 15.9 Å². The third kappa shape index (κ3) is 5.71. The van der Waals surface area contributed by atoms with E-state index in [1.165, 1.54) is 6.20 Å². The third-order valence-electron chi connectivity index (χ3n) is 4.38. The smallest absolute Gasteiger partial charge is 0.243 e. The van der Waals surface area contributed by atoms with Crippen molar-refractivity contribution in [2.75, 3.05) is 11.9 Å². The summed E-state index contributed by atoms with van der Waals surface area (Å²) in [6.07, 6.45) is 2.29. The largest absolute Gasteiger partial charge is 0.346 e. The van der Waals surface area contributed by atoms with Crippen molar-refractivity contribution in [1.82, 2.24) is 10.3 Å². The minimum atomic E-state index is -0.672. The molecule has 1 heterocycles. The molecule has 1 aromatic heterocycles. The summed E-state index contributed by atoms with van der Waals surface area (Å²) in [5, 5.41) is 5.18. The molecule has 0 saturated carbocycles. The lowest BCUT2D eigenvalue weighted by Gasteiger charge is -2.17.